The van der Waals surface area contributed by atoms with E-state index < -0.39 is 29.0 Å². The zero-order valence-corrected chi connectivity index (χ0v) is 13.1. The third kappa shape index (κ3) is 3.98. The van der Waals surface area contributed by atoms with Crippen molar-refractivity contribution >= 4 is 23.3 Å². The first kappa shape index (κ1) is 18.1. The normalized spacial score (nSPS) is 12.8. The summed E-state index contributed by atoms with van der Waals surface area (Å²) in [6, 6.07) is 7.42. The Morgan fingerprint density at radius 1 is 1.21 bits per heavy atom. The number of rotatable bonds is 4. The highest BCUT2D eigenvalue weighted by molar-refractivity contribution is 6.31. The maximum Gasteiger partial charge on any atom is 0.417 e. The van der Waals surface area contributed by atoms with Gasteiger partial charge < -0.3 is 15.5 Å². The first-order chi connectivity index (χ1) is 11.1. The van der Waals surface area contributed by atoms with Crippen LogP contribution in [-0.2, 0) is 6.18 Å². The minimum absolute atomic E-state index is 0.0385. The molecule has 8 heteroatoms. The number of alkyl halides is 3. The monoisotopic (exact) mass is 359 g/mol. The van der Waals surface area contributed by atoms with Crippen LogP contribution in [0, 0.1) is 6.92 Å². The second-order valence-corrected chi connectivity index (χ2v) is 5.54. The molecule has 0 fully saturated rings. The minimum Gasteiger partial charge on any atom is -0.478 e. The SMILES string of the molecule is Cc1ccc(C(O)Nc2ccc(Cl)c(C(F)(F)F)c2)c(C(=O)O)c1. The van der Waals surface area contributed by atoms with Crippen molar-refractivity contribution in [1.29, 1.82) is 0 Å². The van der Waals surface area contributed by atoms with Gasteiger partial charge in [-0.15, -0.1) is 0 Å². The van der Waals surface area contributed by atoms with Crippen LogP contribution in [-0.4, -0.2) is 16.2 Å². The van der Waals surface area contributed by atoms with Gasteiger partial charge in [0.15, 0.2) is 6.23 Å². The topological polar surface area (TPSA) is 69.6 Å². The van der Waals surface area contributed by atoms with Crippen molar-refractivity contribution in [2.45, 2.75) is 19.3 Å². The van der Waals surface area contributed by atoms with Gasteiger partial charge >= 0.3 is 12.1 Å². The van der Waals surface area contributed by atoms with Crippen molar-refractivity contribution in [2.24, 2.45) is 0 Å². The number of benzene rings is 2. The first-order valence-electron chi connectivity index (χ1n) is 6.75. The molecule has 1 unspecified atom stereocenters. The minimum atomic E-state index is -4.64. The molecule has 0 saturated heterocycles. The summed E-state index contributed by atoms with van der Waals surface area (Å²) < 4.78 is 38.6. The van der Waals surface area contributed by atoms with E-state index in [2.05, 4.69) is 5.32 Å². The largest absolute Gasteiger partial charge is 0.478 e. The third-order valence-corrected chi connectivity index (χ3v) is 3.64. The molecule has 0 saturated carbocycles. The van der Waals surface area contributed by atoms with Crippen LogP contribution in [0.2, 0.25) is 5.02 Å². The quantitative estimate of drug-likeness (QED) is 0.704. The van der Waals surface area contributed by atoms with Crippen molar-refractivity contribution in [1.82, 2.24) is 0 Å². The molecule has 0 heterocycles. The molecule has 24 heavy (non-hydrogen) atoms. The summed E-state index contributed by atoms with van der Waals surface area (Å²) in [6.07, 6.45) is -6.14. The number of hydrogen-bond acceptors (Lipinski definition) is 3. The predicted octanol–water partition coefficient (Wildman–Crippen LogP) is 4.47. The Morgan fingerprint density at radius 3 is 2.46 bits per heavy atom. The number of aryl methyl sites for hydroxylation is 1. The molecule has 2 rings (SSSR count). The van der Waals surface area contributed by atoms with Crippen LogP contribution in [0.3, 0.4) is 0 Å². The number of hydrogen-bond donors (Lipinski definition) is 3. The molecule has 0 bridgehead atoms. The van der Waals surface area contributed by atoms with Gasteiger partial charge in [0.25, 0.3) is 0 Å². The summed E-state index contributed by atoms with van der Waals surface area (Å²) in [5, 5.41) is 21.3. The van der Waals surface area contributed by atoms with Gasteiger partial charge in [-0.25, -0.2) is 4.79 Å². The number of halogens is 4. The second-order valence-electron chi connectivity index (χ2n) is 5.14. The molecule has 2 aromatic carbocycles. The van der Waals surface area contributed by atoms with Crippen LogP contribution < -0.4 is 5.32 Å². The van der Waals surface area contributed by atoms with Gasteiger partial charge in [-0.3, -0.25) is 0 Å². The number of carbonyl (C=O) groups is 1. The molecule has 0 spiro atoms. The lowest BCUT2D eigenvalue weighted by Crippen LogP contribution is -2.15. The number of anilines is 1. The van der Waals surface area contributed by atoms with Crippen molar-refractivity contribution in [3.63, 3.8) is 0 Å². The van der Waals surface area contributed by atoms with E-state index in [0.29, 0.717) is 5.56 Å². The number of carboxylic acid groups (broad SMARTS) is 1. The van der Waals surface area contributed by atoms with Crippen molar-refractivity contribution < 1.29 is 28.2 Å². The molecule has 128 valence electrons. The average molecular weight is 360 g/mol. The Balaban J connectivity index is 2.34. The summed E-state index contributed by atoms with van der Waals surface area (Å²) in [7, 11) is 0. The van der Waals surface area contributed by atoms with E-state index in [-0.39, 0.29) is 16.8 Å². The van der Waals surface area contributed by atoms with Crippen LogP contribution in [0.15, 0.2) is 36.4 Å². The van der Waals surface area contributed by atoms with Crippen molar-refractivity contribution in [3.8, 4) is 0 Å². The molecule has 0 aliphatic heterocycles. The Morgan fingerprint density at radius 2 is 1.88 bits per heavy atom. The van der Waals surface area contributed by atoms with Gasteiger partial charge in [-0.05, 0) is 31.2 Å². The van der Waals surface area contributed by atoms with E-state index in [1.165, 1.54) is 18.2 Å². The number of carboxylic acids is 1. The highest BCUT2D eigenvalue weighted by Crippen LogP contribution is 2.36. The lowest BCUT2D eigenvalue weighted by Gasteiger charge is -2.18. The Hall–Kier alpha value is -2.25. The number of aliphatic hydroxyl groups excluding tert-OH is 1. The van der Waals surface area contributed by atoms with E-state index in [0.717, 1.165) is 12.1 Å². The van der Waals surface area contributed by atoms with E-state index in [4.69, 9.17) is 11.6 Å². The predicted molar refractivity (Wildman–Crippen MR) is 83.2 cm³/mol. The number of aromatic carboxylic acids is 1. The summed E-state index contributed by atoms with van der Waals surface area (Å²) in [5.41, 5.74) is -0.523. The smallest absolute Gasteiger partial charge is 0.417 e. The molecular formula is C16H13ClF3NO3. The average Bonchev–Trinajstić information content (AvgIpc) is 2.47. The van der Waals surface area contributed by atoms with Gasteiger partial charge in [0.05, 0.1) is 16.1 Å². The van der Waals surface area contributed by atoms with E-state index >= 15 is 0 Å². The van der Waals surface area contributed by atoms with Gasteiger partial charge in [0, 0.05) is 11.3 Å². The van der Waals surface area contributed by atoms with Crippen LogP contribution in [0.25, 0.3) is 0 Å². The molecule has 3 N–H and O–H groups in total. The molecule has 0 radical (unpaired) electrons. The molecule has 0 aromatic heterocycles. The Labute approximate surface area is 140 Å². The lowest BCUT2D eigenvalue weighted by molar-refractivity contribution is -0.137. The van der Waals surface area contributed by atoms with Crippen LogP contribution in [0.1, 0.15) is 33.3 Å². The van der Waals surface area contributed by atoms with Gasteiger partial charge in [-0.2, -0.15) is 13.2 Å². The highest BCUT2D eigenvalue weighted by atomic mass is 35.5. The van der Waals surface area contributed by atoms with Crippen LogP contribution in [0.4, 0.5) is 18.9 Å². The fourth-order valence-electron chi connectivity index (χ4n) is 2.16. The molecule has 2 aromatic rings. The highest BCUT2D eigenvalue weighted by Gasteiger charge is 2.33. The first-order valence-corrected chi connectivity index (χ1v) is 7.12. The maximum atomic E-state index is 12.9. The van der Waals surface area contributed by atoms with E-state index in [9.17, 15) is 28.2 Å². The molecule has 0 amide bonds. The summed E-state index contributed by atoms with van der Waals surface area (Å²) >= 11 is 5.53. The third-order valence-electron chi connectivity index (χ3n) is 3.31. The van der Waals surface area contributed by atoms with Gasteiger partial charge in [0.1, 0.15) is 0 Å². The van der Waals surface area contributed by atoms with Crippen molar-refractivity contribution in [3.05, 3.63) is 63.7 Å². The molecule has 4 nitrogen and oxygen atoms in total. The van der Waals surface area contributed by atoms with Gasteiger partial charge in [-0.1, -0.05) is 29.3 Å². The molecular weight excluding hydrogens is 347 g/mol. The fourth-order valence-corrected chi connectivity index (χ4v) is 2.39. The lowest BCUT2D eigenvalue weighted by atomic mass is 10.0. The van der Waals surface area contributed by atoms with Gasteiger partial charge in [0.2, 0.25) is 0 Å². The molecule has 0 aliphatic rings. The summed E-state index contributed by atoms with van der Waals surface area (Å²) in [4.78, 5) is 11.3. The fraction of sp³-hybridized carbons (Fsp3) is 0.188. The number of aliphatic hydroxyl groups is 1. The zero-order chi connectivity index (χ0) is 18.1. The summed E-state index contributed by atoms with van der Waals surface area (Å²) in [6.45, 7) is 1.69. The summed E-state index contributed by atoms with van der Waals surface area (Å²) in [5.74, 6) is -1.25. The molecule has 0 aliphatic carbocycles. The maximum absolute atomic E-state index is 12.9. The molecule has 1 atom stereocenters. The standard InChI is InChI=1S/C16H13ClF3NO3/c1-8-2-4-10(11(6-8)15(23)24)14(22)21-9-3-5-13(17)12(7-9)16(18,19)20/h2-7,14,21-22H,1H3,(H,23,24). The zero-order valence-electron chi connectivity index (χ0n) is 12.4. The van der Waals surface area contributed by atoms with E-state index in [1.807, 2.05) is 0 Å². The number of nitrogens with one attached hydrogen (secondary N) is 1. The second kappa shape index (κ2) is 6.70. The Bertz CT molecular complexity index is 778. The van der Waals surface area contributed by atoms with E-state index in [1.54, 1.807) is 13.0 Å². The van der Waals surface area contributed by atoms with Crippen molar-refractivity contribution in [2.75, 3.05) is 5.32 Å². The van der Waals surface area contributed by atoms with Crippen LogP contribution >= 0.6 is 11.6 Å². The Kier molecular flexibility index (Phi) is 5.05. The van der Waals surface area contributed by atoms with Crippen LogP contribution in [0.5, 0.6) is 0 Å².